The molecule has 2 aromatic rings. The Morgan fingerprint density at radius 3 is 2.50 bits per heavy atom. The third-order valence-corrected chi connectivity index (χ3v) is 4.84. The van der Waals surface area contributed by atoms with Gasteiger partial charge in [-0.1, -0.05) is 52.3 Å². The van der Waals surface area contributed by atoms with Crippen LogP contribution in [0.4, 0.5) is 5.69 Å². The molecule has 2 nitrogen and oxygen atoms in total. The van der Waals surface area contributed by atoms with Crippen LogP contribution in [0.1, 0.15) is 18.4 Å². The van der Waals surface area contributed by atoms with Crippen LogP contribution in [0.2, 0.25) is 0 Å². The van der Waals surface area contributed by atoms with Gasteiger partial charge in [0.05, 0.1) is 0 Å². The van der Waals surface area contributed by atoms with Crippen LogP contribution >= 0.6 is 15.9 Å². The molecule has 3 heteroatoms. The van der Waals surface area contributed by atoms with E-state index in [9.17, 15) is 0 Å². The zero-order valence-electron chi connectivity index (χ0n) is 12.8. The quantitative estimate of drug-likeness (QED) is 0.841. The van der Waals surface area contributed by atoms with E-state index >= 15 is 0 Å². The molecule has 0 atom stereocenters. The molecule has 1 N–H and O–H groups in total. The van der Waals surface area contributed by atoms with Crippen molar-refractivity contribution in [2.24, 2.45) is 0 Å². The molecule has 116 valence electrons. The maximum absolute atomic E-state index is 3.66. The molecule has 0 saturated carbocycles. The Morgan fingerprint density at radius 1 is 1.00 bits per heavy atom. The smallest absolute Gasteiger partial charge is 0.0353 e. The van der Waals surface area contributed by atoms with Gasteiger partial charge in [0, 0.05) is 35.8 Å². The van der Waals surface area contributed by atoms with Gasteiger partial charge < -0.3 is 10.2 Å². The number of nitrogens with one attached hydrogen (secondary N) is 1. The zero-order valence-corrected chi connectivity index (χ0v) is 14.4. The lowest BCUT2D eigenvalue weighted by Gasteiger charge is -2.33. The van der Waals surface area contributed by atoms with E-state index < -0.39 is 0 Å². The molecule has 1 aliphatic rings. The van der Waals surface area contributed by atoms with E-state index in [1.807, 2.05) is 0 Å². The molecule has 0 radical (unpaired) electrons. The summed E-state index contributed by atoms with van der Waals surface area (Å²) in [5.74, 6) is 0. The number of halogens is 1. The van der Waals surface area contributed by atoms with Gasteiger partial charge in [-0.15, -0.1) is 0 Å². The largest absolute Gasteiger partial charge is 0.382 e. The van der Waals surface area contributed by atoms with Crippen LogP contribution in [0.3, 0.4) is 0 Å². The van der Waals surface area contributed by atoms with Gasteiger partial charge in [-0.2, -0.15) is 0 Å². The van der Waals surface area contributed by atoms with Gasteiger partial charge in [-0.05, 0) is 43.0 Å². The highest BCUT2D eigenvalue weighted by molar-refractivity contribution is 9.10. The Morgan fingerprint density at radius 2 is 1.77 bits per heavy atom. The molecule has 1 saturated heterocycles. The summed E-state index contributed by atoms with van der Waals surface area (Å²) in [4.78, 5) is 2.59. The topological polar surface area (TPSA) is 15.3 Å². The minimum atomic E-state index is 0.599. The Bertz CT molecular complexity index is 577. The summed E-state index contributed by atoms with van der Waals surface area (Å²) in [5, 5.41) is 3.66. The molecule has 0 unspecified atom stereocenters. The Hall–Kier alpha value is -1.32. The Kier molecular flexibility index (Phi) is 5.52. The maximum Gasteiger partial charge on any atom is 0.0353 e. The normalized spacial score (nSPS) is 16.6. The number of nitrogens with zero attached hydrogens (tertiary/aromatic N) is 1. The van der Waals surface area contributed by atoms with Crippen molar-refractivity contribution in [2.45, 2.75) is 25.3 Å². The Labute approximate surface area is 141 Å². The van der Waals surface area contributed by atoms with Crippen LogP contribution < -0.4 is 5.32 Å². The summed E-state index contributed by atoms with van der Waals surface area (Å²) >= 11 is 3.53. The molecule has 1 fully saturated rings. The monoisotopic (exact) mass is 358 g/mol. The lowest BCUT2D eigenvalue weighted by Crippen LogP contribution is -2.40. The summed E-state index contributed by atoms with van der Waals surface area (Å²) in [6, 6.07) is 19.8. The van der Waals surface area contributed by atoms with E-state index in [2.05, 4.69) is 80.7 Å². The molecular weight excluding hydrogens is 336 g/mol. The number of rotatable bonds is 5. The molecule has 0 spiro atoms. The summed E-state index contributed by atoms with van der Waals surface area (Å²) in [5.41, 5.74) is 2.66. The lowest BCUT2D eigenvalue weighted by atomic mass is 10.0. The van der Waals surface area contributed by atoms with Crippen molar-refractivity contribution in [3.8, 4) is 0 Å². The van der Waals surface area contributed by atoms with Crippen LogP contribution in [0, 0.1) is 0 Å². The maximum atomic E-state index is 3.66. The average molecular weight is 359 g/mol. The van der Waals surface area contributed by atoms with Gasteiger partial charge in [0.2, 0.25) is 0 Å². The summed E-state index contributed by atoms with van der Waals surface area (Å²) < 4.78 is 1.14. The zero-order chi connectivity index (χ0) is 15.2. The van der Waals surface area contributed by atoms with Gasteiger partial charge >= 0.3 is 0 Å². The minimum absolute atomic E-state index is 0.599. The summed E-state index contributed by atoms with van der Waals surface area (Å²) in [6.07, 6.45) is 3.60. The number of piperidine rings is 1. The highest BCUT2D eigenvalue weighted by Gasteiger charge is 2.18. The fourth-order valence-electron chi connectivity index (χ4n) is 3.05. The second-order valence-electron chi connectivity index (χ2n) is 6.01. The molecular formula is C19H23BrN2. The fraction of sp³-hybridized carbons (Fsp3) is 0.368. The van der Waals surface area contributed by atoms with Crippen LogP contribution in [-0.4, -0.2) is 30.6 Å². The van der Waals surface area contributed by atoms with Crippen molar-refractivity contribution >= 4 is 21.6 Å². The van der Waals surface area contributed by atoms with Crippen molar-refractivity contribution < 1.29 is 0 Å². The predicted octanol–water partition coefficient (Wildman–Crippen LogP) is 4.57. The first kappa shape index (κ1) is 15.6. The number of anilines is 1. The standard InChI is InChI=1S/C19H23BrN2/c20-17-7-4-8-19(15-17)21-18-10-13-22(14-11-18)12-9-16-5-2-1-3-6-16/h1-8,15,18,21H,9-14H2. The third-order valence-electron chi connectivity index (χ3n) is 4.34. The van der Waals surface area contributed by atoms with Crippen LogP contribution in [0.15, 0.2) is 59.1 Å². The van der Waals surface area contributed by atoms with Gasteiger partial charge in [-0.3, -0.25) is 0 Å². The third kappa shape index (κ3) is 4.59. The van der Waals surface area contributed by atoms with Gasteiger partial charge in [-0.25, -0.2) is 0 Å². The molecule has 22 heavy (non-hydrogen) atoms. The van der Waals surface area contributed by atoms with Gasteiger partial charge in [0.1, 0.15) is 0 Å². The highest BCUT2D eigenvalue weighted by atomic mass is 79.9. The second-order valence-corrected chi connectivity index (χ2v) is 6.92. The van der Waals surface area contributed by atoms with E-state index in [0.717, 1.165) is 10.9 Å². The van der Waals surface area contributed by atoms with E-state index in [-0.39, 0.29) is 0 Å². The predicted molar refractivity (Wildman–Crippen MR) is 97.4 cm³/mol. The van der Waals surface area contributed by atoms with E-state index in [1.165, 1.54) is 43.7 Å². The molecule has 0 amide bonds. The molecule has 0 bridgehead atoms. The second kappa shape index (κ2) is 7.80. The number of hydrogen-bond donors (Lipinski definition) is 1. The van der Waals surface area contributed by atoms with Crippen LogP contribution in [0.5, 0.6) is 0 Å². The summed E-state index contributed by atoms with van der Waals surface area (Å²) in [6.45, 7) is 3.56. The first-order chi connectivity index (χ1) is 10.8. The van der Waals surface area contributed by atoms with E-state index in [4.69, 9.17) is 0 Å². The SMILES string of the molecule is Brc1cccc(NC2CCN(CCc3ccccc3)CC2)c1. The number of hydrogen-bond acceptors (Lipinski definition) is 2. The van der Waals surface area contributed by atoms with Crippen molar-refractivity contribution in [2.75, 3.05) is 25.0 Å². The van der Waals surface area contributed by atoms with E-state index in [0.29, 0.717) is 6.04 Å². The van der Waals surface area contributed by atoms with Crippen molar-refractivity contribution in [1.29, 1.82) is 0 Å². The van der Waals surface area contributed by atoms with Crippen LogP contribution in [-0.2, 0) is 6.42 Å². The molecule has 0 aliphatic carbocycles. The number of benzene rings is 2. The number of likely N-dealkylation sites (tertiary alicyclic amines) is 1. The van der Waals surface area contributed by atoms with Crippen molar-refractivity contribution in [3.05, 3.63) is 64.6 Å². The van der Waals surface area contributed by atoms with Crippen molar-refractivity contribution in [1.82, 2.24) is 4.90 Å². The summed E-state index contributed by atoms with van der Waals surface area (Å²) in [7, 11) is 0. The van der Waals surface area contributed by atoms with E-state index in [1.54, 1.807) is 0 Å². The first-order valence-electron chi connectivity index (χ1n) is 8.08. The molecule has 1 heterocycles. The molecule has 1 aliphatic heterocycles. The average Bonchev–Trinajstić information content (AvgIpc) is 2.55. The van der Waals surface area contributed by atoms with Crippen molar-refractivity contribution in [3.63, 3.8) is 0 Å². The highest BCUT2D eigenvalue weighted by Crippen LogP contribution is 2.20. The minimum Gasteiger partial charge on any atom is -0.382 e. The Balaban J connectivity index is 1.42. The fourth-order valence-corrected chi connectivity index (χ4v) is 3.45. The lowest BCUT2D eigenvalue weighted by molar-refractivity contribution is 0.221. The molecule has 2 aromatic carbocycles. The van der Waals surface area contributed by atoms with Gasteiger partial charge in [0.25, 0.3) is 0 Å². The van der Waals surface area contributed by atoms with Crippen LogP contribution in [0.25, 0.3) is 0 Å². The van der Waals surface area contributed by atoms with Gasteiger partial charge in [0.15, 0.2) is 0 Å². The first-order valence-corrected chi connectivity index (χ1v) is 8.87. The molecule has 0 aromatic heterocycles. The molecule has 3 rings (SSSR count).